The van der Waals surface area contributed by atoms with E-state index >= 15 is 0 Å². The minimum atomic E-state index is -0.575. The standard InChI is InChI=1S/C22H26N2O2/c1-4-20(23-26-3)22-14-18(12-19(24(22)2)13-21(22)25)17-10-9-15-7-5-6-8-16(15)11-17/h5-11,14,19,21,25H,4,12-13H2,1-3H3. The van der Waals surface area contributed by atoms with E-state index in [0.29, 0.717) is 6.04 Å². The van der Waals surface area contributed by atoms with Crippen molar-refractivity contribution in [3.8, 4) is 0 Å². The number of nitrogens with zero attached hydrogens (tertiary/aromatic N) is 2. The lowest BCUT2D eigenvalue weighted by molar-refractivity contribution is 0.106. The van der Waals surface area contributed by atoms with Crippen LogP contribution in [0.3, 0.4) is 0 Å². The zero-order valence-electron chi connectivity index (χ0n) is 15.6. The van der Waals surface area contributed by atoms with Crippen LogP contribution in [0.4, 0.5) is 0 Å². The zero-order valence-corrected chi connectivity index (χ0v) is 15.6. The van der Waals surface area contributed by atoms with Gasteiger partial charge in [-0.2, -0.15) is 0 Å². The summed E-state index contributed by atoms with van der Waals surface area (Å²) in [6, 6.07) is 15.4. The summed E-state index contributed by atoms with van der Waals surface area (Å²) >= 11 is 0. The Morgan fingerprint density at radius 3 is 2.77 bits per heavy atom. The lowest BCUT2D eigenvalue weighted by atomic mass is 9.82. The van der Waals surface area contributed by atoms with E-state index in [1.54, 1.807) is 7.11 Å². The maximum absolute atomic E-state index is 11.0. The second kappa shape index (κ2) is 6.53. The van der Waals surface area contributed by atoms with Gasteiger partial charge in [-0.15, -0.1) is 0 Å². The van der Waals surface area contributed by atoms with Gasteiger partial charge in [0.2, 0.25) is 0 Å². The Balaban J connectivity index is 1.85. The topological polar surface area (TPSA) is 45.1 Å². The van der Waals surface area contributed by atoms with Gasteiger partial charge in [-0.25, -0.2) is 0 Å². The van der Waals surface area contributed by atoms with Crippen LogP contribution in [0.25, 0.3) is 16.3 Å². The van der Waals surface area contributed by atoms with Crippen molar-refractivity contribution >= 4 is 22.1 Å². The molecule has 2 aromatic carbocycles. The summed E-state index contributed by atoms with van der Waals surface area (Å²) in [4.78, 5) is 7.39. The van der Waals surface area contributed by atoms with E-state index in [9.17, 15) is 5.11 Å². The number of rotatable bonds is 4. The molecule has 26 heavy (non-hydrogen) atoms. The number of fused-ring (bicyclic) bond motifs is 3. The molecule has 3 atom stereocenters. The van der Waals surface area contributed by atoms with Gasteiger partial charge >= 0.3 is 0 Å². The molecule has 0 radical (unpaired) electrons. The third-order valence-corrected chi connectivity index (χ3v) is 6.10. The van der Waals surface area contributed by atoms with E-state index in [4.69, 9.17) is 4.84 Å². The van der Waals surface area contributed by atoms with E-state index < -0.39 is 11.6 Å². The largest absolute Gasteiger partial charge is 0.399 e. The molecule has 0 spiro atoms. The lowest BCUT2D eigenvalue weighted by Crippen LogP contribution is -2.56. The Morgan fingerprint density at radius 2 is 2.04 bits per heavy atom. The molecule has 0 aromatic heterocycles. The fourth-order valence-electron chi connectivity index (χ4n) is 4.73. The van der Waals surface area contributed by atoms with Gasteiger partial charge in [0, 0.05) is 6.04 Å². The summed E-state index contributed by atoms with van der Waals surface area (Å²) in [5, 5.41) is 17.7. The first kappa shape index (κ1) is 17.3. The normalized spacial score (nSPS) is 29.1. The van der Waals surface area contributed by atoms with Crippen LogP contribution >= 0.6 is 0 Å². The fourth-order valence-corrected chi connectivity index (χ4v) is 4.73. The summed E-state index contributed by atoms with van der Waals surface area (Å²) in [5.74, 6) is 0. The molecule has 0 amide bonds. The monoisotopic (exact) mass is 350 g/mol. The molecule has 1 fully saturated rings. The molecule has 2 aliphatic rings. The molecule has 136 valence electrons. The highest BCUT2D eigenvalue weighted by molar-refractivity contribution is 5.99. The number of benzene rings is 2. The number of likely N-dealkylation sites (N-methyl/N-ethyl adjacent to an activating group) is 1. The summed E-state index contributed by atoms with van der Waals surface area (Å²) in [6.45, 7) is 2.07. The van der Waals surface area contributed by atoms with E-state index in [1.807, 2.05) is 0 Å². The first-order valence-corrected chi connectivity index (χ1v) is 9.32. The van der Waals surface area contributed by atoms with Gasteiger partial charge in [0.1, 0.15) is 12.6 Å². The summed E-state index contributed by atoms with van der Waals surface area (Å²) in [5.41, 5.74) is 2.82. The zero-order chi connectivity index (χ0) is 18.3. The first-order valence-electron chi connectivity index (χ1n) is 9.32. The van der Waals surface area contributed by atoms with Crippen molar-refractivity contribution in [1.82, 2.24) is 4.90 Å². The van der Waals surface area contributed by atoms with Crippen molar-refractivity contribution in [3.63, 3.8) is 0 Å². The maximum atomic E-state index is 11.0. The predicted octanol–water partition coefficient (Wildman–Crippen LogP) is 3.84. The Hall–Kier alpha value is -2.17. The molecule has 2 bridgehead atoms. The van der Waals surface area contributed by atoms with Crippen LogP contribution in [0.1, 0.15) is 31.7 Å². The van der Waals surface area contributed by atoms with Gasteiger partial charge in [-0.1, -0.05) is 54.6 Å². The molecule has 4 rings (SSSR count). The van der Waals surface area contributed by atoms with Crippen molar-refractivity contribution < 1.29 is 9.94 Å². The van der Waals surface area contributed by atoms with Crippen LogP contribution in [0.2, 0.25) is 0 Å². The number of hydrogen-bond acceptors (Lipinski definition) is 4. The Labute approximate surface area is 154 Å². The molecule has 4 heteroatoms. The molecular formula is C22H26N2O2. The van der Waals surface area contributed by atoms with Crippen LogP contribution < -0.4 is 0 Å². The molecule has 2 aromatic rings. The van der Waals surface area contributed by atoms with Crippen LogP contribution in [0.5, 0.6) is 0 Å². The van der Waals surface area contributed by atoms with E-state index in [2.05, 4.69) is 72.6 Å². The molecular weight excluding hydrogens is 324 g/mol. The van der Waals surface area contributed by atoms with Gasteiger partial charge in [0.05, 0.1) is 11.8 Å². The van der Waals surface area contributed by atoms with Crippen LogP contribution in [-0.4, -0.2) is 47.6 Å². The van der Waals surface area contributed by atoms with E-state index in [1.165, 1.54) is 21.9 Å². The van der Waals surface area contributed by atoms with E-state index in [0.717, 1.165) is 25.0 Å². The van der Waals surface area contributed by atoms with Crippen LogP contribution in [-0.2, 0) is 4.84 Å². The van der Waals surface area contributed by atoms with Gasteiger partial charge < -0.3 is 9.94 Å². The van der Waals surface area contributed by atoms with Gasteiger partial charge in [0.15, 0.2) is 0 Å². The van der Waals surface area contributed by atoms with Crippen molar-refractivity contribution in [1.29, 1.82) is 0 Å². The molecule has 1 saturated heterocycles. The average molecular weight is 350 g/mol. The quantitative estimate of drug-likeness (QED) is 0.673. The van der Waals surface area contributed by atoms with E-state index in [-0.39, 0.29) is 0 Å². The molecule has 2 heterocycles. The third-order valence-electron chi connectivity index (χ3n) is 6.10. The number of hydrogen-bond donors (Lipinski definition) is 1. The minimum absolute atomic E-state index is 0.310. The first-order chi connectivity index (χ1) is 12.6. The summed E-state index contributed by atoms with van der Waals surface area (Å²) < 4.78 is 0. The highest BCUT2D eigenvalue weighted by Crippen LogP contribution is 2.46. The SMILES string of the molecule is CCC(=NOC)C12C=C(c3ccc4ccccc4c3)CC(CC1O)N2C. The van der Waals surface area contributed by atoms with Crippen LogP contribution in [0.15, 0.2) is 53.7 Å². The third kappa shape index (κ3) is 2.48. The molecule has 4 nitrogen and oxygen atoms in total. The second-order valence-electron chi connectivity index (χ2n) is 7.35. The number of aliphatic hydroxyl groups is 1. The van der Waals surface area contributed by atoms with Crippen molar-refractivity contribution in [3.05, 3.63) is 54.1 Å². The van der Waals surface area contributed by atoms with Crippen LogP contribution in [0, 0.1) is 0 Å². The Kier molecular flexibility index (Phi) is 4.33. The Morgan fingerprint density at radius 1 is 1.27 bits per heavy atom. The smallest absolute Gasteiger partial charge is 0.108 e. The highest BCUT2D eigenvalue weighted by Gasteiger charge is 2.55. The lowest BCUT2D eigenvalue weighted by Gasteiger charge is -2.42. The molecule has 3 unspecified atom stereocenters. The van der Waals surface area contributed by atoms with Gasteiger partial charge in [0.25, 0.3) is 0 Å². The molecule has 1 N–H and O–H groups in total. The summed E-state index contributed by atoms with van der Waals surface area (Å²) in [6.07, 6.45) is 4.20. The average Bonchev–Trinajstić information content (AvgIpc) is 2.81. The Bertz CT molecular complexity index is 889. The van der Waals surface area contributed by atoms with Gasteiger partial charge in [-0.3, -0.25) is 4.90 Å². The van der Waals surface area contributed by atoms with Crippen molar-refractivity contribution in [2.24, 2.45) is 5.16 Å². The maximum Gasteiger partial charge on any atom is 0.108 e. The second-order valence-corrected chi connectivity index (χ2v) is 7.35. The minimum Gasteiger partial charge on any atom is -0.399 e. The number of oxime groups is 1. The molecule has 0 saturated carbocycles. The predicted molar refractivity (Wildman–Crippen MR) is 106 cm³/mol. The van der Waals surface area contributed by atoms with Crippen molar-refractivity contribution in [2.75, 3.05) is 14.2 Å². The van der Waals surface area contributed by atoms with Crippen molar-refractivity contribution in [2.45, 2.75) is 43.9 Å². The molecule has 0 aliphatic carbocycles. The molecule has 2 aliphatic heterocycles. The highest BCUT2D eigenvalue weighted by atomic mass is 16.6. The summed E-state index contributed by atoms with van der Waals surface area (Å²) in [7, 11) is 3.66. The van der Waals surface area contributed by atoms with Gasteiger partial charge in [-0.05, 0) is 54.3 Å². The fraction of sp³-hybridized carbons (Fsp3) is 0.409. The number of aliphatic hydroxyl groups excluding tert-OH is 1.